The number of benzene rings is 2. The summed E-state index contributed by atoms with van der Waals surface area (Å²) < 4.78 is 27.1. The number of nitrogens with zero attached hydrogens (tertiary/aromatic N) is 3. The highest BCUT2D eigenvalue weighted by Crippen LogP contribution is 2.19. The molecule has 0 bridgehead atoms. The predicted molar refractivity (Wildman–Crippen MR) is 130 cm³/mol. The van der Waals surface area contributed by atoms with E-state index in [1.165, 1.54) is 12.1 Å². The summed E-state index contributed by atoms with van der Waals surface area (Å²) in [5, 5.41) is 11.9. The Kier molecular flexibility index (Phi) is 8.08. The van der Waals surface area contributed by atoms with Gasteiger partial charge in [0.1, 0.15) is 0 Å². The molecule has 1 aliphatic rings. The monoisotopic (exact) mass is 469 g/mol. The van der Waals surface area contributed by atoms with Gasteiger partial charge in [-0.3, -0.25) is 9.69 Å². The Morgan fingerprint density at radius 2 is 1.64 bits per heavy atom. The van der Waals surface area contributed by atoms with E-state index in [4.69, 9.17) is 5.26 Å². The summed E-state index contributed by atoms with van der Waals surface area (Å²) >= 11 is 0. The van der Waals surface area contributed by atoms with Crippen LogP contribution in [0, 0.1) is 11.3 Å². The number of amides is 1. The molecule has 1 unspecified atom stereocenters. The van der Waals surface area contributed by atoms with Crippen molar-refractivity contribution in [2.24, 2.45) is 0 Å². The second-order valence-corrected chi connectivity index (χ2v) is 10.2. The third-order valence-electron chi connectivity index (χ3n) is 5.64. The van der Waals surface area contributed by atoms with Crippen LogP contribution in [0.5, 0.6) is 0 Å². The van der Waals surface area contributed by atoms with Crippen LogP contribution >= 0.6 is 0 Å². The summed E-state index contributed by atoms with van der Waals surface area (Å²) in [5.74, 6) is -0.127. The second kappa shape index (κ2) is 10.8. The zero-order chi connectivity index (χ0) is 24.0. The summed E-state index contributed by atoms with van der Waals surface area (Å²) in [5.41, 5.74) is 2.28. The van der Waals surface area contributed by atoms with Crippen molar-refractivity contribution in [1.29, 1.82) is 5.26 Å². The van der Waals surface area contributed by atoms with Crippen molar-refractivity contribution < 1.29 is 13.2 Å². The standard InChI is InChI=1S/C24H31N5O3S/c1-18(2)27-33(31,32)23-11-7-21(8-12-23)26-24(30)19(3)28-13-4-14-29(16-15-28)22-9-5-20(17-25)6-10-22/h5-12,18-19,27H,4,13-16H2,1-3H3,(H,26,30). The summed E-state index contributed by atoms with van der Waals surface area (Å²) in [6, 6.07) is 15.4. The summed E-state index contributed by atoms with van der Waals surface area (Å²) in [7, 11) is -3.57. The van der Waals surface area contributed by atoms with Crippen molar-refractivity contribution in [3.05, 3.63) is 54.1 Å². The molecule has 2 aromatic rings. The van der Waals surface area contributed by atoms with E-state index in [1.54, 1.807) is 26.0 Å². The summed E-state index contributed by atoms with van der Waals surface area (Å²) in [6.45, 7) is 8.64. The first kappa shape index (κ1) is 24.7. The minimum atomic E-state index is -3.57. The minimum Gasteiger partial charge on any atom is -0.370 e. The van der Waals surface area contributed by atoms with Crippen molar-refractivity contribution in [1.82, 2.24) is 9.62 Å². The first-order chi connectivity index (χ1) is 15.7. The summed E-state index contributed by atoms with van der Waals surface area (Å²) in [4.78, 5) is 17.4. The van der Waals surface area contributed by atoms with Gasteiger partial charge in [-0.15, -0.1) is 0 Å². The molecule has 1 saturated heterocycles. The topological polar surface area (TPSA) is 106 Å². The summed E-state index contributed by atoms with van der Waals surface area (Å²) in [6.07, 6.45) is 0.924. The zero-order valence-electron chi connectivity index (χ0n) is 19.3. The van der Waals surface area contributed by atoms with Gasteiger partial charge in [-0.25, -0.2) is 13.1 Å². The molecule has 0 aromatic heterocycles. The van der Waals surface area contributed by atoms with E-state index >= 15 is 0 Å². The second-order valence-electron chi connectivity index (χ2n) is 8.50. The molecular weight excluding hydrogens is 438 g/mol. The molecule has 1 heterocycles. The lowest BCUT2D eigenvalue weighted by Gasteiger charge is -2.27. The van der Waals surface area contributed by atoms with Crippen LogP contribution in [0.2, 0.25) is 0 Å². The molecule has 0 aliphatic carbocycles. The van der Waals surface area contributed by atoms with Gasteiger partial charge in [0.05, 0.1) is 22.6 Å². The number of rotatable bonds is 7. The number of hydrogen-bond donors (Lipinski definition) is 2. The lowest BCUT2D eigenvalue weighted by atomic mass is 10.2. The Hall–Kier alpha value is -2.93. The van der Waals surface area contributed by atoms with Gasteiger partial charge in [-0.05, 0) is 75.7 Å². The van der Waals surface area contributed by atoms with Crippen LogP contribution in [0.4, 0.5) is 11.4 Å². The van der Waals surface area contributed by atoms with Gasteiger partial charge in [0.2, 0.25) is 15.9 Å². The SMILES string of the molecule is CC(C)NS(=O)(=O)c1ccc(NC(=O)C(C)N2CCCN(c3ccc(C#N)cc3)CC2)cc1. The minimum absolute atomic E-state index is 0.127. The first-order valence-corrected chi connectivity index (χ1v) is 12.6. The predicted octanol–water partition coefficient (Wildman–Crippen LogP) is 2.78. The number of nitriles is 1. The van der Waals surface area contributed by atoms with Crippen molar-refractivity contribution in [3.63, 3.8) is 0 Å². The van der Waals surface area contributed by atoms with Crippen LogP contribution in [0.15, 0.2) is 53.4 Å². The third-order valence-corrected chi connectivity index (χ3v) is 7.32. The molecule has 1 fully saturated rings. The van der Waals surface area contributed by atoms with Crippen molar-refractivity contribution in [2.75, 3.05) is 36.4 Å². The molecular formula is C24H31N5O3S. The molecule has 8 nitrogen and oxygen atoms in total. The third kappa shape index (κ3) is 6.54. The van der Waals surface area contributed by atoms with E-state index in [-0.39, 0.29) is 22.9 Å². The maximum atomic E-state index is 12.8. The van der Waals surface area contributed by atoms with Crippen molar-refractivity contribution >= 4 is 27.3 Å². The average Bonchev–Trinajstić information content (AvgIpc) is 3.04. The molecule has 0 spiro atoms. The maximum absolute atomic E-state index is 12.8. The number of carbonyl (C=O) groups is 1. The highest BCUT2D eigenvalue weighted by Gasteiger charge is 2.24. The smallest absolute Gasteiger partial charge is 0.241 e. The van der Waals surface area contributed by atoms with Crippen molar-refractivity contribution in [2.45, 2.75) is 44.2 Å². The Morgan fingerprint density at radius 1 is 0.970 bits per heavy atom. The van der Waals surface area contributed by atoms with E-state index in [0.717, 1.165) is 38.3 Å². The fraction of sp³-hybridized carbons (Fsp3) is 0.417. The Balaban J connectivity index is 1.58. The Bertz CT molecular complexity index is 1090. The molecule has 3 rings (SSSR count). The van der Waals surface area contributed by atoms with Crippen molar-refractivity contribution in [3.8, 4) is 6.07 Å². The number of nitrogens with one attached hydrogen (secondary N) is 2. The fourth-order valence-corrected chi connectivity index (χ4v) is 5.09. The molecule has 33 heavy (non-hydrogen) atoms. The van der Waals surface area contributed by atoms with Crippen LogP contribution in [0.25, 0.3) is 0 Å². The molecule has 2 N–H and O–H groups in total. The van der Waals surface area contributed by atoms with Crippen LogP contribution in [0.3, 0.4) is 0 Å². The lowest BCUT2D eigenvalue weighted by Crippen LogP contribution is -2.44. The number of anilines is 2. The van der Waals surface area contributed by atoms with Gasteiger partial charge >= 0.3 is 0 Å². The van der Waals surface area contributed by atoms with E-state index < -0.39 is 10.0 Å². The van der Waals surface area contributed by atoms with Gasteiger partial charge in [0, 0.05) is 43.6 Å². The average molecular weight is 470 g/mol. The van der Waals surface area contributed by atoms with Gasteiger partial charge in [0.25, 0.3) is 0 Å². The van der Waals surface area contributed by atoms with E-state index in [1.807, 2.05) is 31.2 Å². The highest BCUT2D eigenvalue weighted by molar-refractivity contribution is 7.89. The molecule has 1 amide bonds. The lowest BCUT2D eigenvalue weighted by molar-refractivity contribution is -0.120. The molecule has 0 saturated carbocycles. The molecule has 1 atom stereocenters. The van der Waals surface area contributed by atoms with Crippen LogP contribution in [-0.2, 0) is 14.8 Å². The number of hydrogen-bond acceptors (Lipinski definition) is 6. The first-order valence-electron chi connectivity index (χ1n) is 11.1. The van der Waals surface area contributed by atoms with Gasteiger partial charge in [-0.1, -0.05) is 0 Å². The molecule has 9 heteroatoms. The van der Waals surface area contributed by atoms with Crippen LogP contribution < -0.4 is 14.9 Å². The van der Waals surface area contributed by atoms with Crippen LogP contribution in [0.1, 0.15) is 32.8 Å². The zero-order valence-corrected chi connectivity index (χ0v) is 20.1. The Morgan fingerprint density at radius 3 is 2.24 bits per heavy atom. The van der Waals surface area contributed by atoms with E-state index in [9.17, 15) is 13.2 Å². The molecule has 2 aromatic carbocycles. The van der Waals surface area contributed by atoms with Gasteiger partial charge in [-0.2, -0.15) is 5.26 Å². The number of carbonyl (C=O) groups excluding carboxylic acids is 1. The van der Waals surface area contributed by atoms with E-state index in [0.29, 0.717) is 11.3 Å². The maximum Gasteiger partial charge on any atom is 0.241 e. The van der Waals surface area contributed by atoms with Crippen LogP contribution in [-0.4, -0.2) is 57.5 Å². The van der Waals surface area contributed by atoms with Gasteiger partial charge in [0.15, 0.2) is 0 Å². The molecule has 0 radical (unpaired) electrons. The quantitative estimate of drug-likeness (QED) is 0.646. The Labute approximate surface area is 196 Å². The van der Waals surface area contributed by atoms with Gasteiger partial charge < -0.3 is 10.2 Å². The molecule has 176 valence electrons. The highest BCUT2D eigenvalue weighted by atomic mass is 32.2. The fourth-order valence-electron chi connectivity index (χ4n) is 3.84. The number of sulfonamides is 1. The largest absolute Gasteiger partial charge is 0.370 e. The molecule has 1 aliphatic heterocycles. The normalized spacial score (nSPS) is 16.2. The van der Waals surface area contributed by atoms with E-state index in [2.05, 4.69) is 25.9 Å².